The normalized spacial score (nSPS) is 15.0. The lowest BCUT2D eigenvalue weighted by Crippen LogP contribution is -2.21. The molecule has 72 valence electrons. The van der Waals surface area contributed by atoms with Gasteiger partial charge in [-0.2, -0.15) is 0 Å². The van der Waals surface area contributed by atoms with Crippen LogP contribution in [0.2, 0.25) is 0 Å². The third-order valence-corrected chi connectivity index (χ3v) is 3.31. The zero-order valence-electron chi connectivity index (χ0n) is 7.84. The van der Waals surface area contributed by atoms with Crippen LogP contribution in [0.3, 0.4) is 0 Å². The lowest BCUT2D eigenvalue weighted by atomic mass is 9.96. The Morgan fingerprint density at radius 2 is 2.21 bits per heavy atom. The van der Waals surface area contributed by atoms with E-state index in [-0.39, 0.29) is 0 Å². The van der Waals surface area contributed by atoms with Crippen LogP contribution in [0.15, 0.2) is 42.0 Å². The molecule has 3 heteroatoms. The highest BCUT2D eigenvalue weighted by molar-refractivity contribution is 7.10. The summed E-state index contributed by atoms with van der Waals surface area (Å²) in [7, 11) is 0. The molecule has 2 rings (SSSR count). The molecule has 2 nitrogen and oxygen atoms in total. The van der Waals surface area contributed by atoms with Crippen molar-refractivity contribution in [2.24, 2.45) is 0 Å². The first-order valence-corrected chi connectivity index (χ1v) is 5.26. The standard InChI is InChI=1S/C11H11NOS/c1-11(13,10-5-3-7-14-10)9-4-2-6-12-8-9/h2-8,13H,1H3. The van der Waals surface area contributed by atoms with Crippen LogP contribution in [0, 0.1) is 0 Å². The molecule has 14 heavy (non-hydrogen) atoms. The minimum atomic E-state index is -0.928. The Hall–Kier alpha value is -1.19. The molecule has 2 heterocycles. The molecule has 0 aromatic carbocycles. The first-order valence-electron chi connectivity index (χ1n) is 4.38. The number of nitrogens with zero attached hydrogens (tertiary/aromatic N) is 1. The second kappa shape index (κ2) is 3.52. The summed E-state index contributed by atoms with van der Waals surface area (Å²) in [6, 6.07) is 7.58. The summed E-state index contributed by atoms with van der Waals surface area (Å²) in [4.78, 5) is 4.94. The Labute approximate surface area is 86.9 Å². The van der Waals surface area contributed by atoms with Crippen LogP contribution in [-0.2, 0) is 5.60 Å². The van der Waals surface area contributed by atoms with Crippen LogP contribution < -0.4 is 0 Å². The van der Waals surface area contributed by atoms with E-state index in [1.807, 2.05) is 29.6 Å². The lowest BCUT2D eigenvalue weighted by Gasteiger charge is -2.21. The molecular formula is C11H11NOS. The smallest absolute Gasteiger partial charge is 0.122 e. The van der Waals surface area contributed by atoms with Crippen molar-refractivity contribution in [1.29, 1.82) is 0 Å². The predicted octanol–water partition coefficient (Wildman–Crippen LogP) is 2.40. The van der Waals surface area contributed by atoms with Crippen LogP contribution in [0.25, 0.3) is 0 Å². The van der Waals surface area contributed by atoms with Crippen LogP contribution >= 0.6 is 11.3 Å². The van der Waals surface area contributed by atoms with Gasteiger partial charge in [-0.05, 0) is 24.4 Å². The number of aromatic nitrogens is 1. The molecule has 0 spiro atoms. The Kier molecular flexibility index (Phi) is 2.35. The fraction of sp³-hybridized carbons (Fsp3) is 0.182. The Bertz CT molecular complexity index is 394. The van der Waals surface area contributed by atoms with E-state index in [9.17, 15) is 5.11 Å². The van der Waals surface area contributed by atoms with Crippen LogP contribution in [0.4, 0.5) is 0 Å². The van der Waals surface area contributed by atoms with E-state index < -0.39 is 5.60 Å². The highest BCUT2D eigenvalue weighted by Gasteiger charge is 2.26. The fourth-order valence-corrected chi connectivity index (χ4v) is 2.16. The average Bonchev–Trinajstić information content (AvgIpc) is 2.72. The van der Waals surface area contributed by atoms with Gasteiger partial charge in [0.15, 0.2) is 0 Å². The van der Waals surface area contributed by atoms with Crippen molar-refractivity contribution < 1.29 is 5.11 Å². The van der Waals surface area contributed by atoms with E-state index >= 15 is 0 Å². The summed E-state index contributed by atoms with van der Waals surface area (Å²) in [5.41, 5.74) is -0.106. The second-order valence-electron chi connectivity index (χ2n) is 3.29. The highest BCUT2D eigenvalue weighted by atomic mass is 32.1. The second-order valence-corrected chi connectivity index (χ2v) is 4.24. The van der Waals surface area contributed by atoms with Crippen LogP contribution in [0.5, 0.6) is 0 Å². The first-order chi connectivity index (χ1) is 6.71. The first kappa shape index (κ1) is 9.37. The zero-order chi connectivity index (χ0) is 10.0. The Balaban J connectivity index is 2.43. The maximum absolute atomic E-state index is 10.3. The van der Waals surface area contributed by atoms with Crippen molar-refractivity contribution in [3.05, 3.63) is 52.5 Å². The molecule has 0 saturated carbocycles. The Morgan fingerprint density at radius 3 is 2.79 bits per heavy atom. The molecule has 0 amide bonds. The van der Waals surface area contributed by atoms with E-state index in [1.54, 1.807) is 30.7 Å². The molecule has 0 aliphatic rings. The number of aliphatic hydroxyl groups is 1. The molecule has 1 N–H and O–H groups in total. The van der Waals surface area contributed by atoms with Gasteiger partial charge >= 0.3 is 0 Å². The summed E-state index contributed by atoms with van der Waals surface area (Å²) in [6.07, 6.45) is 3.40. The molecular weight excluding hydrogens is 194 g/mol. The SMILES string of the molecule is CC(O)(c1cccnc1)c1cccs1. The average molecular weight is 205 g/mol. The molecule has 0 radical (unpaired) electrons. The van der Waals surface area contributed by atoms with E-state index in [1.165, 1.54) is 0 Å². The van der Waals surface area contributed by atoms with Crippen LogP contribution in [-0.4, -0.2) is 10.1 Å². The number of thiophene rings is 1. The summed E-state index contributed by atoms with van der Waals surface area (Å²) in [5, 5.41) is 12.3. The minimum absolute atomic E-state index is 0.822. The van der Waals surface area contributed by atoms with Gasteiger partial charge in [-0.1, -0.05) is 12.1 Å². The summed E-state index contributed by atoms with van der Waals surface area (Å²) >= 11 is 1.55. The van der Waals surface area contributed by atoms with Gasteiger partial charge in [-0.15, -0.1) is 11.3 Å². The maximum Gasteiger partial charge on any atom is 0.122 e. The highest BCUT2D eigenvalue weighted by Crippen LogP contribution is 2.31. The monoisotopic (exact) mass is 205 g/mol. The van der Waals surface area contributed by atoms with Gasteiger partial charge in [0.05, 0.1) is 0 Å². The predicted molar refractivity (Wildman–Crippen MR) is 57.2 cm³/mol. The van der Waals surface area contributed by atoms with Gasteiger partial charge in [-0.25, -0.2) is 0 Å². The number of hydrogen-bond donors (Lipinski definition) is 1. The summed E-state index contributed by atoms with van der Waals surface area (Å²) in [6.45, 7) is 1.79. The quantitative estimate of drug-likeness (QED) is 0.816. The maximum atomic E-state index is 10.3. The van der Waals surface area contributed by atoms with E-state index in [2.05, 4.69) is 4.98 Å². The lowest BCUT2D eigenvalue weighted by molar-refractivity contribution is 0.106. The minimum Gasteiger partial charge on any atom is -0.380 e. The topological polar surface area (TPSA) is 33.1 Å². The number of pyridine rings is 1. The van der Waals surface area contributed by atoms with E-state index in [0.29, 0.717) is 0 Å². The number of rotatable bonds is 2. The number of hydrogen-bond acceptors (Lipinski definition) is 3. The van der Waals surface area contributed by atoms with Crippen molar-refractivity contribution >= 4 is 11.3 Å². The molecule has 2 aromatic heterocycles. The van der Waals surface area contributed by atoms with Crippen molar-refractivity contribution in [2.75, 3.05) is 0 Å². The third kappa shape index (κ3) is 1.56. The van der Waals surface area contributed by atoms with Gasteiger partial charge in [0.1, 0.15) is 5.60 Å². The van der Waals surface area contributed by atoms with E-state index in [4.69, 9.17) is 0 Å². The zero-order valence-corrected chi connectivity index (χ0v) is 8.66. The molecule has 2 aromatic rings. The van der Waals surface area contributed by atoms with Crippen LogP contribution in [0.1, 0.15) is 17.4 Å². The van der Waals surface area contributed by atoms with Crippen molar-refractivity contribution in [3.8, 4) is 0 Å². The largest absolute Gasteiger partial charge is 0.380 e. The molecule has 0 fully saturated rings. The van der Waals surface area contributed by atoms with Gasteiger partial charge in [0.25, 0.3) is 0 Å². The van der Waals surface area contributed by atoms with Gasteiger partial charge < -0.3 is 5.11 Å². The van der Waals surface area contributed by atoms with Crippen molar-refractivity contribution in [3.63, 3.8) is 0 Å². The third-order valence-electron chi connectivity index (χ3n) is 2.22. The Morgan fingerprint density at radius 1 is 1.36 bits per heavy atom. The van der Waals surface area contributed by atoms with Crippen molar-refractivity contribution in [1.82, 2.24) is 4.98 Å². The molecule has 0 aliphatic heterocycles. The molecule has 1 atom stereocenters. The fourth-order valence-electron chi connectivity index (χ4n) is 1.35. The molecule has 0 aliphatic carbocycles. The summed E-state index contributed by atoms with van der Waals surface area (Å²) < 4.78 is 0. The van der Waals surface area contributed by atoms with Gasteiger partial charge in [0, 0.05) is 22.8 Å². The molecule has 0 saturated heterocycles. The van der Waals surface area contributed by atoms with Crippen molar-refractivity contribution in [2.45, 2.75) is 12.5 Å². The van der Waals surface area contributed by atoms with Gasteiger partial charge in [0.2, 0.25) is 0 Å². The van der Waals surface area contributed by atoms with E-state index in [0.717, 1.165) is 10.4 Å². The van der Waals surface area contributed by atoms with Gasteiger partial charge in [-0.3, -0.25) is 4.98 Å². The summed E-state index contributed by atoms with van der Waals surface area (Å²) in [5.74, 6) is 0. The molecule has 1 unspecified atom stereocenters. The molecule has 0 bridgehead atoms.